The molecule has 0 radical (unpaired) electrons. The van der Waals surface area contributed by atoms with Crippen molar-refractivity contribution in [2.45, 2.75) is 19.7 Å². The number of amides is 1. The summed E-state index contributed by atoms with van der Waals surface area (Å²) in [5, 5.41) is 5.50. The van der Waals surface area contributed by atoms with Crippen molar-refractivity contribution in [3.8, 4) is 5.75 Å². The third-order valence-corrected chi connectivity index (χ3v) is 4.26. The zero-order valence-electron chi connectivity index (χ0n) is 14.8. The van der Waals surface area contributed by atoms with Gasteiger partial charge in [-0.2, -0.15) is 13.2 Å². The number of hydrogen-bond donors (Lipinski definition) is 1. The normalized spacial score (nSPS) is 11.4. The summed E-state index contributed by atoms with van der Waals surface area (Å²) in [4.78, 5) is 12.5. The van der Waals surface area contributed by atoms with E-state index in [2.05, 4.69) is 10.5 Å². The van der Waals surface area contributed by atoms with Gasteiger partial charge in [0.1, 0.15) is 23.9 Å². The Morgan fingerprint density at radius 3 is 2.55 bits per heavy atom. The molecule has 1 amide bonds. The van der Waals surface area contributed by atoms with Crippen molar-refractivity contribution in [3.63, 3.8) is 0 Å². The molecule has 0 aliphatic heterocycles. The number of anilines is 1. The van der Waals surface area contributed by atoms with Crippen LogP contribution in [0.3, 0.4) is 0 Å². The quantitative estimate of drug-likeness (QED) is 0.535. The predicted octanol–water partition coefficient (Wildman–Crippen LogP) is 5.63. The molecule has 0 fully saturated rings. The van der Waals surface area contributed by atoms with E-state index in [0.717, 1.165) is 12.1 Å². The van der Waals surface area contributed by atoms with Crippen LogP contribution in [0.5, 0.6) is 5.75 Å². The van der Waals surface area contributed by atoms with Crippen LogP contribution in [-0.4, -0.2) is 11.1 Å². The number of benzene rings is 2. The molecule has 5 nitrogen and oxygen atoms in total. The van der Waals surface area contributed by atoms with Crippen LogP contribution in [0.15, 0.2) is 47.0 Å². The Morgan fingerprint density at radius 2 is 1.90 bits per heavy atom. The van der Waals surface area contributed by atoms with E-state index in [0.29, 0.717) is 17.1 Å². The summed E-state index contributed by atoms with van der Waals surface area (Å²) in [5.41, 5.74) is -1.03. The van der Waals surface area contributed by atoms with E-state index in [1.54, 1.807) is 6.92 Å². The Balaban J connectivity index is 1.77. The summed E-state index contributed by atoms with van der Waals surface area (Å²) >= 11 is 5.57. The maximum Gasteiger partial charge on any atom is 0.417 e. The van der Waals surface area contributed by atoms with E-state index in [1.165, 1.54) is 30.3 Å². The van der Waals surface area contributed by atoms with Crippen LogP contribution in [0.25, 0.3) is 0 Å². The lowest BCUT2D eigenvalue weighted by molar-refractivity contribution is -0.137. The first-order valence-corrected chi connectivity index (χ1v) is 8.54. The van der Waals surface area contributed by atoms with Crippen molar-refractivity contribution >= 4 is 23.2 Å². The number of carbonyl (C=O) groups is 1. The van der Waals surface area contributed by atoms with Crippen molar-refractivity contribution in [1.29, 1.82) is 0 Å². The van der Waals surface area contributed by atoms with Crippen LogP contribution in [0.1, 0.15) is 27.4 Å². The van der Waals surface area contributed by atoms with Gasteiger partial charge >= 0.3 is 6.18 Å². The van der Waals surface area contributed by atoms with Gasteiger partial charge in [-0.1, -0.05) is 16.8 Å². The fourth-order valence-corrected chi connectivity index (χ4v) is 2.66. The van der Waals surface area contributed by atoms with Crippen molar-refractivity contribution < 1.29 is 31.6 Å². The predicted molar refractivity (Wildman–Crippen MR) is 96.4 cm³/mol. The summed E-state index contributed by atoms with van der Waals surface area (Å²) in [6, 6.07) is 8.23. The summed E-state index contributed by atoms with van der Waals surface area (Å²) in [5.74, 6) is -0.565. The van der Waals surface area contributed by atoms with Gasteiger partial charge in [0.25, 0.3) is 5.91 Å². The van der Waals surface area contributed by atoms with Gasteiger partial charge in [0.15, 0.2) is 5.69 Å². The molecule has 0 aliphatic carbocycles. The van der Waals surface area contributed by atoms with Gasteiger partial charge in [-0.3, -0.25) is 4.79 Å². The number of rotatable bonds is 5. The fraction of sp³-hybridized carbons (Fsp3) is 0.158. The number of nitrogens with zero attached hydrogens (tertiary/aromatic N) is 1. The zero-order valence-corrected chi connectivity index (χ0v) is 15.6. The van der Waals surface area contributed by atoms with Crippen LogP contribution in [0.2, 0.25) is 5.02 Å². The lowest BCUT2D eigenvalue weighted by Gasteiger charge is -2.11. The number of carbonyl (C=O) groups excluding carboxylic acids is 1. The second-order valence-corrected chi connectivity index (χ2v) is 6.36. The first kappa shape index (κ1) is 20.7. The topological polar surface area (TPSA) is 64.4 Å². The summed E-state index contributed by atoms with van der Waals surface area (Å²) in [7, 11) is 0. The molecule has 1 aromatic heterocycles. The summed E-state index contributed by atoms with van der Waals surface area (Å²) in [6.45, 7) is 1.44. The van der Waals surface area contributed by atoms with Crippen LogP contribution in [0.4, 0.5) is 23.2 Å². The number of aryl methyl sites for hydroxylation is 1. The van der Waals surface area contributed by atoms with Crippen molar-refractivity contribution in [1.82, 2.24) is 5.16 Å². The summed E-state index contributed by atoms with van der Waals surface area (Å²) in [6.07, 6.45) is -4.67. The van der Waals surface area contributed by atoms with E-state index in [1.807, 2.05) is 0 Å². The minimum absolute atomic E-state index is 0.113. The molecule has 2 aromatic carbocycles. The first-order valence-electron chi connectivity index (χ1n) is 8.17. The molecule has 3 aromatic rings. The van der Waals surface area contributed by atoms with Gasteiger partial charge in [0.2, 0.25) is 0 Å². The number of halogens is 5. The highest BCUT2D eigenvalue weighted by molar-refractivity contribution is 6.31. The van der Waals surface area contributed by atoms with Crippen LogP contribution < -0.4 is 10.1 Å². The second-order valence-electron chi connectivity index (χ2n) is 5.96. The number of aromatic nitrogens is 1. The van der Waals surface area contributed by atoms with Gasteiger partial charge in [-0.15, -0.1) is 0 Å². The molecule has 0 saturated heterocycles. The molecule has 0 saturated carbocycles. The molecule has 0 bridgehead atoms. The van der Waals surface area contributed by atoms with Crippen LogP contribution in [-0.2, 0) is 12.8 Å². The first-order chi connectivity index (χ1) is 13.6. The van der Waals surface area contributed by atoms with E-state index >= 15 is 0 Å². The molecule has 29 heavy (non-hydrogen) atoms. The Hall–Kier alpha value is -3.07. The highest BCUT2D eigenvalue weighted by Gasteiger charge is 2.33. The molecule has 0 spiro atoms. The van der Waals surface area contributed by atoms with Crippen molar-refractivity contribution in [2.75, 3.05) is 5.32 Å². The maximum atomic E-state index is 13.0. The fourth-order valence-electron chi connectivity index (χ4n) is 2.44. The zero-order chi connectivity index (χ0) is 21.2. The van der Waals surface area contributed by atoms with E-state index in [4.69, 9.17) is 20.9 Å². The van der Waals surface area contributed by atoms with Gasteiger partial charge in [-0.25, -0.2) is 4.39 Å². The standard InChI is InChI=1S/C19H13ClF4N2O3/c1-10-14(9-28-13-5-2-11(21)3-6-13)17(26-29-10)18(27)25-12-4-7-16(20)15(8-12)19(22,23)24/h2-8H,9H2,1H3,(H,25,27). The molecule has 0 aliphatic rings. The number of nitrogens with one attached hydrogen (secondary N) is 1. The minimum atomic E-state index is -4.67. The third kappa shape index (κ3) is 4.86. The van der Waals surface area contributed by atoms with Gasteiger partial charge in [0, 0.05) is 5.69 Å². The van der Waals surface area contributed by atoms with Crippen LogP contribution in [0, 0.1) is 12.7 Å². The average molecular weight is 429 g/mol. The molecule has 0 atom stereocenters. The monoisotopic (exact) mass is 428 g/mol. The molecule has 152 valence electrons. The molecular weight excluding hydrogens is 416 g/mol. The molecule has 3 rings (SSSR count). The van der Waals surface area contributed by atoms with E-state index in [9.17, 15) is 22.4 Å². The lowest BCUT2D eigenvalue weighted by atomic mass is 10.1. The highest BCUT2D eigenvalue weighted by atomic mass is 35.5. The number of ether oxygens (including phenoxy) is 1. The molecule has 1 N–H and O–H groups in total. The molecular formula is C19H13ClF4N2O3. The third-order valence-electron chi connectivity index (χ3n) is 3.93. The molecule has 10 heteroatoms. The lowest BCUT2D eigenvalue weighted by Crippen LogP contribution is -2.16. The average Bonchev–Trinajstić information content (AvgIpc) is 3.02. The number of hydrogen-bond acceptors (Lipinski definition) is 4. The van der Waals surface area contributed by atoms with E-state index < -0.39 is 28.5 Å². The van der Waals surface area contributed by atoms with E-state index in [-0.39, 0.29) is 18.0 Å². The Kier molecular flexibility index (Phi) is 5.78. The highest BCUT2D eigenvalue weighted by Crippen LogP contribution is 2.36. The molecule has 0 unspecified atom stereocenters. The van der Waals surface area contributed by atoms with Crippen molar-refractivity contribution in [3.05, 3.63) is 75.9 Å². The number of alkyl halides is 3. The van der Waals surface area contributed by atoms with Crippen molar-refractivity contribution in [2.24, 2.45) is 0 Å². The Morgan fingerprint density at radius 1 is 1.21 bits per heavy atom. The Labute approximate surface area is 167 Å². The van der Waals surface area contributed by atoms with Gasteiger partial charge < -0.3 is 14.6 Å². The Bertz CT molecular complexity index is 1030. The summed E-state index contributed by atoms with van der Waals surface area (Å²) < 4.78 is 62.4. The minimum Gasteiger partial charge on any atom is -0.489 e. The second kappa shape index (κ2) is 8.12. The van der Waals surface area contributed by atoms with Crippen LogP contribution >= 0.6 is 11.6 Å². The largest absolute Gasteiger partial charge is 0.489 e. The SMILES string of the molecule is Cc1onc(C(=O)Nc2ccc(Cl)c(C(F)(F)F)c2)c1COc1ccc(F)cc1. The van der Waals surface area contributed by atoms with Gasteiger partial charge in [-0.05, 0) is 49.4 Å². The van der Waals surface area contributed by atoms with Gasteiger partial charge in [0.05, 0.1) is 16.1 Å². The smallest absolute Gasteiger partial charge is 0.417 e. The maximum absolute atomic E-state index is 13.0. The molecule has 1 heterocycles.